The lowest BCUT2D eigenvalue weighted by Crippen LogP contribution is -2.34. The highest BCUT2D eigenvalue weighted by Crippen LogP contribution is 2.26. The van der Waals surface area contributed by atoms with Crippen molar-refractivity contribution in [3.63, 3.8) is 0 Å². The zero-order valence-corrected chi connectivity index (χ0v) is 14.6. The van der Waals surface area contributed by atoms with Crippen molar-refractivity contribution < 1.29 is 9.66 Å². The molecule has 2 aromatic heterocycles. The van der Waals surface area contributed by atoms with Crippen LogP contribution >= 0.6 is 0 Å². The predicted octanol–water partition coefficient (Wildman–Crippen LogP) is 2.41. The highest BCUT2D eigenvalue weighted by atomic mass is 16.6. The maximum Gasteiger partial charge on any atom is 0.333 e. The van der Waals surface area contributed by atoms with Crippen molar-refractivity contribution in [2.24, 2.45) is 5.92 Å². The first-order valence-corrected chi connectivity index (χ1v) is 8.36. The van der Waals surface area contributed by atoms with Crippen LogP contribution in [0, 0.1) is 29.9 Å². The summed E-state index contributed by atoms with van der Waals surface area (Å²) in [5.41, 5.74) is 0.192. The molecule has 0 spiro atoms. The minimum Gasteiger partial charge on any atom is -0.376 e. The van der Waals surface area contributed by atoms with Crippen molar-refractivity contribution >= 4 is 11.6 Å². The van der Waals surface area contributed by atoms with Crippen molar-refractivity contribution in [2.45, 2.75) is 39.7 Å². The quantitative estimate of drug-likeness (QED) is 0.654. The number of anilines is 1. The zero-order valence-electron chi connectivity index (χ0n) is 14.6. The molecule has 9 heteroatoms. The Morgan fingerprint density at radius 3 is 2.88 bits per heavy atom. The molecule has 3 rings (SSSR count). The van der Waals surface area contributed by atoms with Crippen LogP contribution in [-0.2, 0) is 4.74 Å². The van der Waals surface area contributed by atoms with Crippen molar-refractivity contribution in [1.82, 2.24) is 19.5 Å². The van der Waals surface area contributed by atoms with Crippen LogP contribution in [0.1, 0.15) is 31.3 Å². The fraction of sp³-hybridized carbons (Fsp3) is 0.562. The van der Waals surface area contributed by atoms with E-state index < -0.39 is 4.92 Å². The highest BCUT2D eigenvalue weighted by Gasteiger charge is 2.26. The van der Waals surface area contributed by atoms with Crippen LogP contribution in [0.4, 0.5) is 11.6 Å². The number of nitrogens with zero attached hydrogens (tertiary/aromatic N) is 5. The average Bonchev–Trinajstić information content (AvgIpc) is 2.99. The molecule has 1 aliphatic heterocycles. The molecule has 2 atom stereocenters. The lowest BCUT2D eigenvalue weighted by Gasteiger charge is -2.29. The van der Waals surface area contributed by atoms with Gasteiger partial charge in [0.15, 0.2) is 0 Å². The topological polar surface area (TPSA) is 108 Å². The molecule has 1 saturated heterocycles. The molecule has 0 aliphatic carbocycles. The molecule has 0 radical (unpaired) electrons. The predicted molar refractivity (Wildman–Crippen MR) is 91.9 cm³/mol. The average molecular weight is 346 g/mol. The molecule has 1 aliphatic rings. The van der Waals surface area contributed by atoms with Crippen LogP contribution in [0.5, 0.6) is 0 Å². The Morgan fingerprint density at radius 1 is 1.44 bits per heavy atom. The molecule has 0 amide bonds. The fourth-order valence-electron chi connectivity index (χ4n) is 3.06. The molecule has 9 nitrogen and oxygen atoms in total. The Hall–Kier alpha value is -2.55. The van der Waals surface area contributed by atoms with Crippen LogP contribution in [0.25, 0.3) is 5.82 Å². The number of imidazole rings is 1. The molecule has 0 saturated carbocycles. The molecular formula is C16H22N6O3. The van der Waals surface area contributed by atoms with E-state index in [2.05, 4.69) is 27.2 Å². The summed E-state index contributed by atoms with van der Waals surface area (Å²) in [4.78, 5) is 23.7. The number of hydrogen-bond donors (Lipinski definition) is 1. The maximum absolute atomic E-state index is 11.5. The standard InChI is InChI=1S/C16H22N6O3/c1-10-5-4-8-25-13(10)9-18-16-19-11(2)14(22(23)24)15(20-16)21-7-6-17-12(21)3/h6-7,10,13H,4-5,8-9H2,1-3H3,(H,18,19,20)/t10-,13+/m1/s1. The Bertz CT molecular complexity index is 775. The van der Waals surface area contributed by atoms with Crippen molar-refractivity contribution in [2.75, 3.05) is 18.5 Å². The summed E-state index contributed by atoms with van der Waals surface area (Å²) in [5, 5.41) is 14.6. The third-order valence-corrected chi connectivity index (χ3v) is 4.51. The van der Waals surface area contributed by atoms with Gasteiger partial charge in [0.05, 0.1) is 11.0 Å². The molecule has 0 bridgehead atoms. The molecule has 25 heavy (non-hydrogen) atoms. The van der Waals surface area contributed by atoms with E-state index in [-0.39, 0.29) is 17.6 Å². The first kappa shape index (κ1) is 17.3. The summed E-state index contributed by atoms with van der Waals surface area (Å²) in [6.45, 7) is 6.87. The van der Waals surface area contributed by atoms with E-state index in [1.165, 1.54) is 0 Å². The Labute approximate surface area is 145 Å². The minimum atomic E-state index is -0.458. The Balaban J connectivity index is 1.89. The normalized spacial score (nSPS) is 20.4. The van der Waals surface area contributed by atoms with Gasteiger partial charge in [0, 0.05) is 25.5 Å². The molecule has 1 fully saturated rings. The van der Waals surface area contributed by atoms with E-state index in [9.17, 15) is 10.1 Å². The lowest BCUT2D eigenvalue weighted by molar-refractivity contribution is -0.385. The van der Waals surface area contributed by atoms with Gasteiger partial charge in [-0.15, -0.1) is 0 Å². The van der Waals surface area contributed by atoms with E-state index in [1.54, 1.807) is 30.8 Å². The van der Waals surface area contributed by atoms with E-state index in [0.29, 0.717) is 29.9 Å². The maximum atomic E-state index is 11.5. The third-order valence-electron chi connectivity index (χ3n) is 4.51. The monoisotopic (exact) mass is 346 g/mol. The first-order chi connectivity index (χ1) is 12.0. The summed E-state index contributed by atoms with van der Waals surface area (Å²) >= 11 is 0. The van der Waals surface area contributed by atoms with E-state index >= 15 is 0 Å². The van der Waals surface area contributed by atoms with Crippen LogP contribution < -0.4 is 5.32 Å². The van der Waals surface area contributed by atoms with Crippen molar-refractivity contribution in [1.29, 1.82) is 0 Å². The molecule has 0 unspecified atom stereocenters. The second kappa shape index (κ2) is 7.14. The van der Waals surface area contributed by atoms with Gasteiger partial charge >= 0.3 is 5.69 Å². The van der Waals surface area contributed by atoms with Gasteiger partial charge in [0.2, 0.25) is 11.8 Å². The van der Waals surface area contributed by atoms with E-state index in [0.717, 1.165) is 19.4 Å². The van der Waals surface area contributed by atoms with Gasteiger partial charge in [0.1, 0.15) is 11.5 Å². The SMILES string of the molecule is Cc1nc(NC[C@@H]2OCCC[C@H]2C)nc(-n2ccnc2C)c1[N+](=O)[O-]. The van der Waals surface area contributed by atoms with Gasteiger partial charge in [-0.05, 0) is 32.6 Å². The van der Waals surface area contributed by atoms with Gasteiger partial charge in [0.25, 0.3) is 0 Å². The second-order valence-electron chi connectivity index (χ2n) is 6.32. The van der Waals surface area contributed by atoms with Gasteiger partial charge < -0.3 is 10.1 Å². The number of aromatic nitrogens is 4. The zero-order chi connectivity index (χ0) is 18.0. The summed E-state index contributed by atoms with van der Waals surface area (Å²) in [5.74, 6) is 1.65. The largest absolute Gasteiger partial charge is 0.376 e. The molecule has 1 N–H and O–H groups in total. The smallest absolute Gasteiger partial charge is 0.333 e. The summed E-state index contributed by atoms with van der Waals surface area (Å²) in [6.07, 6.45) is 5.54. The molecule has 0 aromatic carbocycles. The summed E-state index contributed by atoms with van der Waals surface area (Å²) in [7, 11) is 0. The van der Waals surface area contributed by atoms with Crippen molar-refractivity contribution in [3.05, 3.63) is 34.0 Å². The van der Waals surface area contributed by atoms with Gasteiger partial charge in [-0.3, -0.25) is 14.7 Å². The second-order valence-corrected chi connectivity index (χ2v) is 6.32. The number of nitro groups is 1. The number of rotatable bonds is 5. The van der Waals surface area contributed by atoms with Gasteiger partial charge in [-0.2, -0.15) is 4.98 Å². The number of nitrogens with one attached hydrogen (secondary N) is 1. The Kier molecular flexibility index (Phi) is 4.93. The van der Waals surface area contributed by atoms with E-state index in [4.69, 9.17) is 4.74 Å². The number of ether oxygens (including phenoxy) is 1. The minimum absolute atomic E-state index is 0.0891. The third kappa shape index (κ3) is 3.60. The van der Waals surface area contributed by atoms with E-state index in [1.807, 2.05) is 0 Å². The fourth-order valence-corrected chi connectivity index (χ4v) is 3.06. The van der Waals surface area contributed by atoms with Crippen LogP contribution in [0.3, 0.4) is 0 Å². The lowest BCUT2D eigenvalue weighted by atomic mass is 9.96. The molecule has 134 valence electrons. The molecular weight excluding hydrogens is 324 g/mol. The summed E-state index contributed by atoms with van der Waals surface area (Å²) in [6, 6.07) is 0. The summed E-state index contributed by atoms with van der Waals surface area (Å²) < 4.78 is 7.38. The number of aryl methyl sites for hydroxylation is 2. The molecule has 2 aromatic rings. The molecule has 3 heterocycles. The van der Waals surface area contributed by atoms with Gasteiger partial charge in [-0.25, -0.2) is 9.97 Å². The first-order valence-electron chi connectivity index (χ1n) is 8.36. The van der Waals surface area contributed by atoms with Gasteiger partial charge in [-0.1, -0.05) is 6.92 Å². The van der Waals surface area contributed by atoms with Crippen molar-refractivity contribution in [3.8, 4) is 5.82 Å². The number of hydrogen-bond acceptors (Lipinski definition) is 7. The highest BCUT2D eigenvalue weighted by molar-refractivity contribution is 5.54. The van der Waals surface area contributed by atoms with Crippen LogP contribution in [0.15, 0.2) is 12.4 Å². The van der Waals surface area contributed by atoms with Crippen LogP contribution in [-0.4, -0.2) is 43.7 Å². The Morgan fingerprint density at radius 2 is 2.24 bits per heavy atom. The van der Waals surface area contributed by atoms with Crippen LogP contribution in [0.2, 0.25) is 0 Å².